The molecular formula is C18H25N3O2. The van der Waals surface area contributed by atoms with Crippen molar-refractivity contribution in [2.24, 2.45) is 0 Å². The molecule has 1 aromatic carbocycles. The van der Waals surface area contributed by atoms with Gasteiger partial charge in [-0.2, -0.15) is 5.26 Å². The Kier molecular flexibility index (Phi) is 7.25. The predicted octanol–water partition coefficient (Wildman–Crippen LogP) is 3.32. The fourth-order valence-corrected chi connectivity index (χ4v) is 2.96. The van der Waals surface area contributed by atoms with E-state index >= 15 is 0 Å². The number of urea groups is 1. The third-order valence-corrected chi connectivity index (χ3v) is 4.13. The molecule has 1 N–H and O–H groups in total. The Bertz CT molecular complexity index is 507. The highest BCUT2D eigenvalue weighted by molar-refractivity contribution is 5.74. The van der Waals surface area contributed by atoms with Crippen molar-refractivity contribution in [1.29, 1.82) is 5.26 Å². The van der Waals surface area contributed by atoms with Gasteiger partial charge in [-0.25, -0.2) is 4.79 Å². The van der Waals surface area contributed by atoms with Crippen molar-refractivity contribution in [3.63, 3.8) is 0 Å². The van der Waals surface area contributed by atoms with E-state index in [2.05, 4.69) is 11.4 Å². The summed E-state index contributed by atoms with van der Waals surface area (Å²) in [5.74, 6) is 0.801. The largest absolute Gasteiger partial charge is 0.492 e. The van der Waals surface area contributed by atoms with Crippen molar-refractivity contribution in [3.05, 3.63) is 30.3 Å². The van der Waals surface area contributed by atoms with E-state index in [1.165, 1.54) is 6.42 Å². The summed E-state index contributed by atoms with van der Waals surface area (Å²) in [6.45, 7) is 1.41. The lowest BCUT2D eigenvalue weighted by Gasteiger charge is -2.34. The molecule has 0 unspecified atom stereocenters. The highest BCUT2D eigenvalue weighted by Gasteiger charge is 2.24. The van der Waals surface area contributed by atoms with E-state index < -0.39 is 0 Å². The molecule has 1 fully saturated rings. The number of ether oxygens (including phenoxy) is 1. The number of amides is 2. The first kappa shape index (κ1) is 17.1. The molecule has 0 radical (unpaired) electrons. The molecule has 1 aliphatic carbocycles. The van der Waals surface area contributed by atoms with Crippen LogP contribution >= 0.6 is 0 Å². The number of nitriles is 1. The summed E-state index contributed by atoms with van der Waals surface area (Å²) < 4.78 is 5.58. The van der Waals surface area contributed by atoms with Crippen LogP contribution in [0.2, 0.25) is 0 Å². The van der Waals surface area contributed by atoms with Gasteiger partial charge in [-0.1, -0.05) is 37.5 Å². The third-order valence-electron chi connectivity index (χ3n) is 4.13. The topological polar surface area (TPSA) is 65.4 Å². The van der Waals surface area contributed by atoms with Crippen LogP contribution in [0.4, 0.5) is 4.79 Å². The lowest BCUT2D eigenvalue weighted by atomic mass is 9.94. The summed E-state index contributed by atoms with van der Waals surface area (Å²) in [6.07, 6.45) is 6.04. The maximum Gasteiger partial charge on any atom is 0.317 e. The van der Waals surface area contributed by atoms with E-state index in [9.17, 15) is 4.79 Å². The molecule has 0 heterocycles. The maximum absolute atomic E-state index is 12.4. The van der Waals surface area contributed by atoms with Crippen molar-refractivity contribution in [1.82, 2.24) is 10.2 Å². The number of carbonyl (C=O) groups is 1. The fraction of sp³-hybridized carbons (Fsp3) is 0.556. The Morgan fingerprint density at radius 2 is 2.00 bits per heavy atom. The number of nitrogens with one attached hydrogen (secondary N) is 1. The Morgan fingerprint density at radius 3 is 2.70 bits per heavy atom. The van der Waals surface area contributed by atoms with Crippen LogP contribution < -0.4 is 10.1 Å². The standard InChI is InChI=1S/C18H25N3O2/c19-12-7-14-21(16-8-3-1-4-9-16)18(22)20-13-15-23-17-10-5-2-6-11-17/h2,5-6,10-11,16H,1,3-4,7-9,13-15H2,(H,20,22). The van der Waals surface area contributed by atoms with E-state index in [0.717, 1.165) is 31.4 Å². The lowest BCUT2D eigenvalue weighted by Crippen LogP contribution is -2.48. The number of nitrogens with zero attached hydrogens (tertiary/aromatic N) is 2. The molecule has 2 amide bonds. The fourth-order valence-electron chi connectivity index (χ4n) is 2.96. The molecule has 0 atom stereocenters. The van der Waals surface area contributed by atoms with Gasteiger partial charge in [-0.15, -0.1) is 0 Å². The monoisotopic (exact) mass is 315 g/mol. The van der Waals surface area contributed by atoms with Crippen LogP contribution in [0.5, 0.6) is 5.75 Å². The molecular weight excluding hydrogens is 290 g/mol. The second-order valence-corrected chi connectivity index (χ2v) is 5.79. The molecule has 0 saturated heterocycles. The van der Waals surface area contributed by atoms with Crippen LogP contribution in [-0.4, -0.2) is 36.7 Å². The average Bonchev–Trinajstić information content (AvgIpc) is 2.61. The molecule has 2 rings (SSSR count). The normalized spacial score (nSPS) is 14.7. The minimum absolute atomic E-state index is 0.0798. The number of carbonyl (C=O) groups excluding carboxylic acids is 1. The van der Waals surface area contributed by atoms with Crippen molar-refractivity contribution in [3.8, 4) is 11.8 Å². The van der Waals surface area contributed by atoms with E-state index in [4.69, 9.17) is 10.00 Å². The Labute approximate surface area is 138 Å². The maximum atomic E-state index is 12.4. The van der Waals surface area contributed by atoms with Crippen LogP contribution in [0.3, 0.4) is 0 Å². The Hall–Kier alpha value is -2.22. The third kappa shape index (κ3) is 5.82. The highest BCUT2D eigenvalue weighted by Crippen LogP contribution is 2.22. The van der Waals surface area contributed by atoms with Gasteiger partial charge >= 0.3 is 6.03 Å². The molecule has 124 valence electrons. The quantitative estimate of drug-likeness (QED) is 0.785. The zero-order valence-electron chi connectivity index (χ0n) is 13.5. The lowest BCUT2D eigenvalue weighted by molar-refractivity contribution is 0.155. The second-order valence-electron chi connectivity index (χ2n) is 5.79. The van der Waals surface area contributed by atoms with E-state index in [1.807, 2.05) is 35.2 Å². The summed E-state index contributed by atoms with van der Waals surface area (Å²) in [7, 11) is 0. The predicted molar refractivity (Wildman–Crippen MR) is 89.1 cm³/mol. The van der Waals surface area contributed by atoms with Gasteiger partial charge in [0.1, 0.15) is 12.4 Å². The van der Waals surface area contributed by atoms with Gasteiger partial charge in [0.2, 0.25) is 0 Å². The molecule has 1 aromatic rings. The zero-order chi connectivity index (χ0) is 16.3. The Balaban J connectivity index is 1.76. The minimum atomic E-state index is -0.0798. The highest BCUT2D eigenvalue weighted by atomic mass is 16.5. The second kappa shape index (κ2) is 9.73. The molecule has 0 bridgehead atoms. The van der Waals surface area contributed by atoms with Crippen molar-refractivity contribution < 1.29 is 9.53 Å². The number of hydrogen-bond donors (Lipinski definition) is 1. The first-order chi connectivity index (χ1) is 11.3. The average molecular weight is 315 g/mol. The smallest absolute Gasteiger partial charge is 0.317 e. The van der Waals surface area contributed by atoms with Crippen LogP contribution in [0.1, 0.15) is 38.5 Å². The SMILES string of the molecule is N#CCCN(C(=O)NCCOc1ccccc1)C1CCCCC1. The van der Waals surface area contributed by atoms with Crippen LogP contribution in [0.25, 0.3) is 0 Å². The van der Waals surface area contributed by atoms with E-state index in [0.29, 0.717) is 26.1 Å². The summed E-state index contributed by atoms with van der Waals surface area (Å²) in [4.78, 5) is 14.2. The van der Waals surface area contributed by atoms with Gasteiger partial charge in [-0.3, -0.25) is 0 Å². The number of rotatable bonds is 7. The number of para-hydroxylation sites is 1. The van der Waals surface area contributed by atoms with Crippen molar-refractivity contribution >= 4 is 6.03 Å². The first-order valence-electron chi connectivity index (χ1n) is 8.40. The van der Waals surface area contributed by atoms with Gasteiger partial charge in [0.15, 0.2) is 0 Å². The number of hydrogen-bond acceptors (Lipinski definition) is 3. The molecule has 0 spiro atoms. The van der Waals surface area contributed by atoms with E-state index in [1.54, 1.807) is 0 Å². The molecule has 1 saturated carbocycles. The van der Waals surface area contributed by atoms with Gasteiger partial charge < -0.3 is 15.0 Å². The van der Waals surface area contributed by atoms with Crippen molar-refractivity contribution in [2.75, 3.05) is 19.7 Å². The van der Waals surface area contributed by atoms with Crippen LogP contribution in [0.15, 0.2) is 30.3 Å². The molecule has 1 aliphatic rings. The summed E-state index contributed by atoms with van der Waals surface area (Å²) in [5.41, 5.74) is 0. The molecule has 0 aliphatic heterocycles. The first-order valence-corrected chi connectivity index (χ1v) is 8.40. The summed E-state index contributed by atoms with van der Waals surface area (Å²) >= 11 is 0. The van der Waals surface area contributed by atoms with Gasteiger partial charge in [0.05, 0.1) is 19.0 Å². The molecule has 23 heavy (non-hydrogen) atoms. The summed E-state index contributed by atoms with van der Waals surface area (Å²) in [5, 5.41) is 11.7. The van der Waals surface area contributed by atoms with Gasteiger partial charge in [0, 0.05) is 12.6 Å². The van der Waals surface area contributed by atoms with Gasteiger partial charge in [0.25, 0.3) is 0 Å². The van der Waals surface area contributed by atoms with Crippen LogP contribution in [-0.2, 0) is 0 Å². The Morgan fingerprint density at radius 1 is 1.26 bits per heavy atom. The summed E-state index contributed by atoms with van der Waals surface area (Å²) in [6, 6.07) is 11.9. The van der Waals surface area contributed by atoms with Crippen LogP contribution in [0, 0.1) is 11.3 Å². The van der Waals surface area contributed by atoms with Crippen molar-refractivity contribution in [2.45, 2.75) is 44.6 Å². The van der Waals surface area contributed by atoms with E-state index in [-0.39, 0.29) is 12.1 Å². The minimum Gasteiger partial charge on any atom is -0.492 e. The molecule has 5 heteroatoms. The number of benzene rings is 1. The zero-order valence-corrected chi connectivity index (χ0v) is 13.5. The molecule has 5 nitrogen and oxygen atoms in total. The molecule has 0 aromatic heterocycles. The van der Waals surface area contributed by atoms with Gasteiger partial charge in [-0.05, 0) is 25.0 Å².